The van der Waals surface area contributed by atoms with E-state index >= 15 is 0 Å². The summed E-state index contributed by atoms with van der Waals surface area (Å²) in [6.07, 6.45) is 3.18. The van der Waals surface area contributed by atoms with Crippen LogP contribution in [0.15, 0.2) is 30.5 Å². The van der Waals surface area contributed by atoms with Crippen molar-refractivity contribution < 1.29 is 24.3 Å². The van der Waals surface area contributed by atoms with Crippen LogP contribution in [0, 0.1) is 0 Å². The highest BCUT2D eigenvalue weighted by Gasteiger charge is 2.29. The van der Waals surface area contributed by atoms with Crippen LogP contribution in [-0.4, -0.2) is 70.7 Å². The summed E-state index contributed by atoms with van der Waals surface area (Å²) in [7, 11) is 0. The summed E-state index contributed by atoms with van der Waals surface area (Å²) in [4.78, 5) is 52.2. The smallest absolute Gasteiger partial charge is 0.326 e. The number of carbonyl (C=O) groups excluding carboxylic acids is 3. The third-order valence-electron chi connectivity index (χ3n) is 5.31. The maximum absolute atomic E-state index is 13.0. The van der Waals surface area contributed by atoms with E-state index in [1.807, 2.05) is 24.3 Å². The number of rotatable bonds is 14. The second-order valence-electron chi connectivity index (χ2n) is 7.82. The number of nitrogens with two attached hydrogens (primary N) is 2. The van der Waals surface area contributed by atoms with Gasteiger partial charge in [0.25, 0.3) is 0 Å². The zero-order chi connectivity index (χ0) is 25.1. The first-order valence-corrected chi connectivity index (χ1v) is 11.6. The van der Waals surface area contributed by atoms with Crippen LogP contribution in [-0.2, 0) is 25.6 Å². The lowest BCUT2D eigenvalue weighted by molar-refractivity contribution is -0.142. The number of carboxylic acid groups (broad SMARTS) is 1. The van der Waals surface area contributed by atoms with Gasteiger partial charge in [-0.05, 0) is 37.4 Å². The number of aromatic amines is 1. The molecule has 0 aliphatic carbocycles. The second kappa shape index (κ2) is 13.6. The summed E-state index contributed by atoms with van der Waals surface area (Å²) >= 11 is 4.08. The van der Waals surface area contributed by atoms with Gasteiger partial charge in [0.1, 0.15) is 18.1 Å². The van der Waals surface area contributed by atoms with Gasteiger partial charge >= 0.3 is 5.97 Å². The van der Waals surface area contributed by atoms with Gasteiger partial charge in [0.2, 0.25) is 17.7 Å². The number of benzene rings is 1. The molecule has 0 saturated carbocycles. The number of carbonyl (C=O) groups is 4. The number of thiol groups is 1. The van der Waals surface area contributed by atoms with Crippen molar-refractivity contribution in [1.82, 2.24) is 20.9 Å². The zero-order valence-electron chi connectivity index (χ0n) is 18.8. The summed E-state index contributed by atoms with van der Waals surface area (Å²) in [6, 6.07) is 4.23. The Hall–Kier alpha value is -3.09. The van der Waals surface area contributed by atoms with Crippen molar-refractivity contribution in [2.45, 2.75) is 43.8 Å². The molecule has 11 nitrogen and oxygen atoms in total. The van der Waals surface area contributed by atoms with Gasteiger partial charge in [0.15, 0.2) is 0 Å². The van der Waals surface area contributed by atoms with Crippen molar-refractivity contribution in [1.29, 1.82) is 0 Å². The molecule has 0 aliphatic rings. The number of hydrogen-bond donors (Lipinski definition) is 8. The fourth-order valence-corrected chi connectivity index (χ4v) is 3.73. The Bertz CT molecular complexity index is 997. The Kier molecular flexibility index (Phi) is 10.8. The number of aliphatic carboxylic acids is 1. The molecule has 3 amide bonds. The van der Waals surface area contributed by atoms with Gasteiger partial charge in [-0.3, -0.25) is 14.4 Å². The van der Waals surface area contributed by atoms with Gasteiger partial charge in [-0.15, -0.1) is 0 Å². The number of hydrogen-bond acceptors (Lipinski definition) is 7. The summed E-state index contributed by atoms with van der Waals surface area (Å²) in [6.45, 7) is 0.110. The minimum Gasteiger partial charge on any atom is -0.480 e. The van der Waals surface area contributed by atoms with Crippen LogP contribution < -0.4 is 27.4 Å². The van der Waals surface area contributed by atoms with E-state index in [1.165, 1.54) is 0 Å². The molecule has 0 radical (unpaired) electrons. The average Bonchev–Trinajstić information content (AvgIpc) is 3.23. The lowest BCUT2D eigenvalue weighted by Gasteiger charge is -2.24. The maximum atomic E-state index is 13.0. The molecule has 1 aromatic carbocycles. The number of H-pyrrole nitrogens is 1. The van der Waals surface area contributed by atoms with E-state index in [-0.39, 0.29) is 25.1 Å². The number of aromatic nitrogens is 1. The first kappa shape index (κ1) is 27.2. The van der Waals surface area contributed by atoms with Gasteiger partial charge in [-0.2, -0.15) is 12.6 Å². The third kappa shape index (κ3) is 7.75. The second-order valence-corrected chi connectivity index (χ2v) is 8.18. The average molecular weight is 493 g/mol. The zero-order valence-corrected chi connectivity index (χ0v) is 19.6. The van der Waals surface area contributed by atoms with Crippen molar-refractivity contribution in [2.75, 3.05) is 18.8 Å². The summed E-state index contributed by atoms with van der Waals surface area (Å²) in [5.41, 5.74) is 12.4. The Morgan fingerprint density at radius 1 is 0.971 bits per heavy atom. The number of para-hydroxylation sites is 1. The minimum absolute atomic E-state index is 0.00692. The van der Waals surface area contributed by atoms with Crippen LogP contribution in [0.4, 0.5) is 0 Å². The van der Waals surface area contributed by atoms with Gasteiger partial charge in [0.05, 0.1) is 6.54 Å². The van der Waals surface area contributed by atoms with E-state index in [2.05, 4.69) is 33.6 Å². The summed E-state index contributed by atoms with van der Waals surface area (Å²) in [5, 5.41) is 18.2. The highest BCUT2D eigenvalue weighted by Crippen LogP contribution is 2.19. The highest BCUT2D eigenvalue weighted by molar-refractivity contribution is 7.80. The molecule has 186 valence electrons. The summed E-state index contributed by atoms with van der Waals surface area (Å²) < 4.78 is 0. The van der Waals surface area contributed by atoms with Crippen LogP contribution in [0.5, 0.6) is 0 Å². The molecule has 3 unspecified atom stereocenters. The molecule has 0 bridgehead atoms. The Morgan fingerprint density at radius 3 is 2.29 bits per heavy atom. The van der Waals surface area contributed by atoms with Crippen LogP contribution >= 0.6 is 12.6 Å². The SMILES string of the molecule is NCCCCC(NC(=O)C(CS)NC(=O)CN)C(=O)NC(Cc1c[nH]c2ccccc12)C(=O)O. The Labute approximate surface area is 202 Å². The first-order valence-electron chi connectivity index (χ1n) is 11.0. The predicted molar refractivity (Wildman–Crippen MR) is 131 cm³/mol. The van der Waals surface area contributed by atoms with E-state index in [0.29, 0.717) is 19.4 Å². The van der Waals surface area contributed by atoms with E-state index < -0.39 is 41.8 Å². The number of fused-ring (bicyclic) bond motifs is 1. The lowest BCUT2D eigenvalue weighted by Crippen LogP contribution is -2.56. The Balaban J connectivity index is 2.13. The Morgan fingerprint density at radius 2 is 1.65 bits per heavy atom. The monoisotopic (exact) mass is 492 g/mol. The van der Waals surface area contributed by atoms with Gasteiger partial charge in [0, 0.05) is 29.3 Å². The molecule has 0 saturated heterocycles. The molecule has 0 spiro atoms. The van der Waals surface area contributed by atoms with Crippen LogP contribution in [0.3, 0.4) is 0 Å². The topological polar surface area (TPSA) is 192 Å². The molecule has 2 aromatic rings. The minimum atomic E-state index is -1.21. The molecule has 12 heteroatoms. The van der Waals surface area contributed by atoms with Crippen molar-refractivity contribution in [3.63, 3.8) is 0 Å². The normalized spacial score (nSPS) is 13.6. The molecule has 9 N–H and O–H groups in total. The van der Waals surface area contributed by atoms with Crippen molar-refractivity contribution in [3.05, 3.63) is 36.0 Å². The number of carboxylic acids is 1. The largest absolute Gasteiger partial charge is 0.480 e. The number of amides is 3. The van der Waals surface area contributed by atoms with E-state index in [9.17, 15) is 24.3 Å². The fraction of sp³-hybridized carbons (Fsp3) is 0.455. The van der Waals surface area contributed by atoms with E-state index in [4.69, 9.17) is 11.5 Å². The molecule has 1 aromatic heterocycles. The van der Waals surface area contributed by atoms with Crippen molar-refractivity contribution >= 4 is 47.2 Å². The molecule has 0 fully saturated rings. The van der Waals surface area contributed by atoms with E-state index in [1.54, 1.807) is 6.20 Å². The molecule has 34 heavy (non-hydrogen) atoms. The van der Waals surface area contributed by atoms with Crippen LogP contribution in [0.2, 0.25) is 0 Å². The van der Waals surface area contributed by atoms with Gasteiger partial charge in [-0.1, -0.05) is 18.2 Å². The highest BCUT2D eigenvalue weighted by atomic mass is 32.1. The standard InChI is InChI=1S/C22H32N6O5S/c23-8-4-3-7-16(27-21(31)18(12-34)26-19(29)10-24)20(30)28-17(22(32)33)9-13-11-25-15-6-2-1-5-14(13)15/h1-2,5-6,11,16-18,25,34H,3-4,7-10,12,23-24H2,(H,26,29)(H,27,31)(H,28,30)(H,32,33). The van der Waals surface area contributed by atoms with Gasteiger partial charge < -0.3 is 37.5 Å². The van der Waals surface area contributed by atoms with Gasteiger partial charge in [-0.25, -0.2) is 4.79 Å². The van der Waals surface area contributed by atoms with Crippen LogP contribution in [0.1, 0.15) is 24.8 Å². The molecular weight excluding hydrogens is 460 g/mol. The molecule has 3 atom stereocenters. The van der Waals surface area contributed by atoms with Crippen LogP contribution in [0.25, 0.3) is 10.9 Å². The predicted octanol–water partition coefficient (Wildman–Crippen LogP) is -0.733. The molecule has 2 rings (SSSR count). The lowest BCUT2D eigenvalue weighted by atomic mass is 10.0. The van der Waals surface area contributed by atoms with Crippen molar-refractivity contribution in [3.8, 4) is 0 Å². The molecule has 0 aliphatic heterocycles. The first-order chi connectivity index (χ1) is 16.3. The number of nitrogens with one attached hydrogen (secondary N) is 4. The van der Waals surface area contributed by atoms with Crippen molar-refractivity contribution in [2.24, 2.45) is 11.5 Å². The molecular formula is C22H32N6O5S. The number of unbranched alkanes of at least 4 members (excludes halogenated alkanes) is 1. The van der Waals surface area contributed by atoms with E-state index in [0.717, 1.165) is 16.5 Å². The fourth-order valence-electron chi connectivity index (χ4n) is 3.47. The maximum Gasteiger partial charge on any atom is 0.326 e. The third-order valence-corrected chi connectivity index (χ3v) is 5.68. The summed E-state index contributed by atoms with van der Waals surface area (Å²) in [5.74, 6) is -3.00. The molecule has 1 heterocycles. The quantitative estimate of drug-likeness (QED) is 0.126.